The Bertz CT molecular complexity index is 1970. The zero-order valence-corrected chi connectivity index (χ0v) is 34.3. The van der Waals surface area contributed by atoms with E-state index in [9.17, 15) is 39.9 Å². The average Bonchev–Trinajstić information content (AvgIpc) is 3.44. The largest absolute Gasteiger partial charge is 0.507 e. The van der Waals surface area contributed by atoms with Gasteiger partial charge in [-0.15, -0.1) is 0 Å². The lowest BCUT2D eigenvalue weighted by Gasteiger charge is -2.38. The molecule has 5 bridgehead atoms. The van der Waals surface area contributed by atoms with E-state index >= 15 is 0 Å². The Labute approximate surface area is 333 Å². The molecule has 312 valence electrons. The molecule has 2 aromatic rings. The van der Waals surface area contributed by atoms with Crippen molar-refractivity contribution in [1.82, 2.24) is 4.90 Å². The summed E-state index contributed by atoms with van der Waals surface area (Å²) in [6.45, 7) is 14.2. The van der Waals surface area contributed by atoms with E-state index in [0.717, 1.165) is 19.3 Å². The van der Waals surface area contributed by atoms with Crippen LogP contribution in [0.5, 0.6) is 23.0 Å². The summed E-state index contributed by atoms with van der Waals surface area (Å²) in [4.78, 5) is 42.6. The third-order valence-corrected chi connectivity index (χ3v) is 11.9. The summed E-state index contributed by atoms with van der Waals surface area (Å²) < 4.78 is 23.6. The Kier molecular flexibility index (Phi) is 13.3. The highest BCUT2D eigenvalue weighted by molar-refractivity contribution is 6.22. The Morgan fingerprint density at radius 1 is 0.930 bits per heavy atom. The summed E-state index contributed by atoms with van der Waals surface area (Å²) in [5.41, 5.74) is 0.236. The number of aliphatic hydroxyl groups excluding tert-OH is 2. The van der Waals surface area contributed by atoms with Crippen LogP contribution in [0.1, 0.15) is 89.2 Å². The number of rotatable bonds is 4. The highest BCUT2D eigenvalue weighted by Crippen LogP contribution is 2.55. The fourth-order valence-electron chi connectivity index (χ4n) is 8.28. The number of phenols is 3. The number of carbonyl (C=O) groups excluding carboxylic acids is 3. The number of hydrogen-bond acceptors (Lipinski definition) is 13. The maximum Gasteiger partial charge on any atom is 0.312 e. The van der Waals surface area contributed by atoms with Crippen LogP contribution in [0.25, 0.3) is 10.8 Å². The minimum Gasteiger partial charge on any atom is -0.507 e. The van der Waals surface area contributed by atoms with Crippen LogP contribution in [0.4, 0.5) is 5.69 Å². The Morgan fingerprint density at radius 2 is 1.60 bits per heavy atom. The van der Waals surface area contributed by atoms with E-state index in [4.69, 9.17) is 18.9 Å². The number of fused-ring (bicyclic) bond motifs is 14. The summed E-state index contributed by atoms with van der Waals surface area (Å²) >= 11 is 0. The number of esters is 1. The van der Waals surface area contributed by atoms with E-state index in [2.05, 4.69) is 10.2 Å². The number of piperidine rings is 1. The van der Waals surface area contributed by atoms with Gasteiger partial charge in [-0.2, -0.15) is 0 Å². The molecule has 6 N–H and O–H groups in total. The van der Waals surface area contributed by atoms with E-state index in [-0.39, 0.29) is 51.0 Å². The molecule has 0 aromatic heterocycles. The maximum absolute atomic E-state index is 14.4. The van der Waals surface area contributed by atoms with Crippen LogP contribution >= 0.6 is 0 Å². The number of allylic oxidation sites excluding steroid dienone is 2. The number of hydrogen-bond donors (Lipinski definition) is 6. The van der Waals surface area contributed by atoms with Crippen molar-refractivity contribution in [3.63, 3.8) is 0 Å². The lowest BCUT2D eigenvalue weighted by Crippen LogP contribution is -2.46. The van der Waals surface area contributed by atoms with Gasteiger partial charge in [-0.05, 0) is 45.9 Å². The first-order valence-electron chi connectivity index (χ1n) is 19.6. The number of phenolic OH excluding ortho intramolecular Hbond substituents is 3. The van der Waals surface area contributed by atoms with Gasteiger partial charge < -0.3 is 49.8 Å². The molecule has 4 heterocycles. The molecule has 2 aromatic carbocycles. The van der Waals surface area contributed by atoms with Gasteiger partial charge in [-0.1, -0.05) is 52.3 Å². The van der Waals surface area contributed by atoms with Crippen molar-refractivity contribution in [2.75, 3.05) is 25.5 Å². The number of amides is 1. The van der Waals surface area contributed by atoms with Crippen molar-refractivity contribution in [2.45, 2.75) is 111 Å². The van der Waals surface area contributed by atoms with Crippen LogP contribution in [0.2, 0.25) is 0 Å². The van der Waals surface area contributed by atoms with E-state index in [1.54, 1.807) is 46.8 Å². The Hall–Kier alpha value is -4.63. The van der Waals surface area contributed by atoms with Crippen molar-refractivity contribution in [3.8, 4) is 23.0 Å². The molecule has 4 aliphatic rings. The Balaban J connectivity index is 1.70. The summed E-state index contributed by atoms with van der Waals surface area (Å²) in [5.74, 6) is -7.77. The van der Waals surface area contributed by atoms with Gasteiger partial charge in [0.2, 0.25) is 0 Å². The van der Waals surface area contributed by atoms with Gasteiger partial charge in [0.15, 0.2) is 5.75 Å². The van der Waals surface area contributed by atoms with Crippen molar-refractivity contribution in [3.05, 3.63) is 52.8 Å². The van der Waals surface area contributed by atoms with Crippen LogP contribution in [-0.2, 0) is 30.3 Å². The molecular formula is C43H58N2O12. The molecule has 14 heteroatoms. The molecule has 4 aliphatic heterocycles. The fraction of sp³-hybridized carbons (Fsp3) is 0.558. The molecule has 0 saturated carbocycles. The van der Waals surface area contributed by atoms with E-state index in [1.807, 2.05) is 0 Å². The zero-order chi connectivity index (χ0) is 42.1. The number of Topliss-reactive ketones (excluding diaryl/α,β-unsaturated/α-hetero) is 1. The minimum atomic E-state index is -2.00. The topological polar surface area (TPSA) is 205 Å². The van der Waals surface area contributed by atoms with Crippen molar-refractivity contribution < 1.29 is 58.9 Å². The van der Waals surface area contributed by atoms with Crippen LogP contribution < -0.4 is 10.1 Å². The fourth-order valence-corrected chi connectivity index (χ4v) is 8.28. The monoisotopic (exact) mass is 794 g/mol. The summed E-state index contributed by atoms with van der Waals surface area (Å²) in [7, 11) is 1.45. The number of nitrogens with one attached hydrogen (secondary N) is 1. The first-order chi connectivity index (χ1) is 26.8. The van der Waals surface area contributed by atoms with Gasteiger partial charge in [0.1, 0.15) is 23.4 Å². The molecular weight excluding hydrogens is 736 g/mol. The van der Waals surface area contributed by atoms with Gasteiger partial charge in [-0.3, -0.25) is 19.3 Å². The highest BCUT2D eigenvalue weighted by atomic mass is 16.7. The Morgan fingerprint density at radius 3 is 2.23 bits per heavy atom. The van der Waals surface area contributed by atoms with Crippen LogP contribution in [0.3, 0.4) is 0 Å². The van der Waals surface area contributed by atoms with Gasteiger partial charge in [0, 0.05) is 73.3 Å². The molecule has 1 saturated heterocycles. The molecule has 9 atom stereocenters. The van der Waals surface area contributed by atoms with E-state index < -0.39 is 88.8 Å². The first kappa shape index (κ1) is 43.5. The van der Waals surface area contributed by atoms with Gasteiger partial charge >= 0.3 is 11.8 Å². The van der Waals surface area contributed by atoms with Crippen molar-refractivity contribution in [2.24, 2.45) is 23.7 Å². The second-order valence-corrected chi connectivity index (χ2v) is 16.0. The molecule has 0 spiro atoms. The van der Waals surface area contributed by atoms with Gasteiger partial charge in [0.25, 0.3) is 11.7 Å². The minimum absolute atomic E-state index is 0.0488. The van der Waals surface area contributed by atoms with Crippen molar-refractivity contribution >= 4 is 34.1 Å². The number of anilines is 1. The second-order valence-electron chi connectivity index (χ2n) is 16.0. The molecule has 0 radical (unpaired) electrons. The number of aromatic hydroxyl groups is 3. The smallest absolute Gasteiger partial charge is 0.312 e. The van der Waals surface area contributed by atoms with Crippen LogP contribution in [-0.4, -0.2) is 98.5 Å². The van der Waals surface area contributed by atoms with Crippen molar-refractivity contribution in [1.29, 1.82) is 0 Å². The van der Waals surface area contributed by atoms with Gasteiger partial charge in [-0.25, -0.2) is 0 Å². The number of methoxy groups -OCH3 is 1. The summed E-state index contributed by atoms with van der Waals surface area (Å²) in [6.07, 6.45) is 6.63. The molecule has 57 heavy (non-hydrogen) atoms. The number of likely N-dealkylation sites (tertiary alicyclic amines) is 1. The standard InChI is InChI=1S/C43H58N2O12/c1-21-14-13-15-22(2)42(53)44-33-28(20-45-17-11-10-12-18-45)37(50)30-31(38(33)51)36(49)26(6)40-32(30)41(52)43(8,57-40)55-19-16-29(54-9)23(3)39(56-27(7)46)25(5)35(48)24(4)34(21)47/h13-16,19,21,23-25,29,34-35,39,47-51H,10-12,17-18,20H2,1-9H3,(H,44,53)/b14-13-,19-16-,22-15-. The lowest BCUT2D eigenvalue weighted by atomic mass is 9.78. The highest BCUT2D eigenvalue weighted by Gasteiger charge is 2.50. The second kappa shape index (κ2) is 17.5. The molecule has 9 unspecified atom stereocenters. The number of carbonyl (C=O) groups is 3. The predicted octanol–water partition coefficient (Wildman–Crippen LogP) is 5.74. The quantitative estimate of drug-likeness (QED) is 0.124. The van der Waals surface area contributed by atoms with Crippen LogP contribution in [0, 0.1) is 30.6 Å². The third-order valence-electron chi connectivity index (χ3n) is 11.9. The number of ketones is 1. The SMILES string of the molecule is COC1/C=C\OC2(C)Oc3c(C)c(O)c4c(O)c(c(CN5CCCCC5)c(O)c4c3C2=O)NC(=O)/C(C)=C\C=C/C(C)C(O)C(C)C(O)C(C)C(OC(C)=O)C1C. The molecule has 1 amide bonds. The van der Waals surface area contributed by atoms with E-state index in [1.165, 1.54) is 46.3 Å². The first-order valence-corrected chi connectivity index (χ1v) is 19.6. The zero-order valence-electron chi connectivity index (χ0n) is 34.3. The summed E-state index contributed by atoms with van der Waals surface area (Å²) in [6, 6.07) is 0. The third kappa shape index (κ3) is 8.50. The summed E-state index contributed by atoms with van der Waals surface area (Å²) in [5, 5.41) is 60.8. The van der Waals surface area contributed by atoms with Gasteiger partial charge in [0.05, 0.1) is 41.2 Å². The average molecular weight is 795 g/mol. The molecule has 1 fully saturated rings. The number of aliphatic hydroxyl groups is 2. The maximum atomic E-state index is 14.4. The number of ether oxygens (including phenoxy) is 4. The number of nitrogens with zero attached hydrogens (tertiary/aromatic N) is 1. The van der Waals surface area contributed by atoms with E-state index in [0.29, 0.717) is 13.1 Å². The predicted molar refractivity (Wildman–Crippen MR) is 213 cm³/mol. The molecule has 0 aliphatic carbocycles. The number of benzene rings is 2. The normalized spacial score (nSPS) is 32.6. The molecule has 14 nitrogen and oxygen atoms in total. The molecule has 6 rings (SSSR count). The van der Waals surface area contributed by atoms with Crippen LogP contribution in [0.15, 0.2) is 36.1 Å². The lowest BCUT2D eigenvalue weighted by molar-refractivity contribution is -0.160.